The van der Waals surface area contributed by atoms with E-state index in [0.717, 1.165) is 10.8 Å². The first-order chi connectivity index (χ1) is 20.0. The second-order valence-electron chi connectivity index (χ2n) is 8.07. The third kappa shape index (κ3) is 7.51. The highest BCUT2D eigenvalue weighted by molar-refractivity contribution is 7.86. The number of rotatable bonds is 7. The largest absolute Gasteiger partial charge is 0.490 e. The molecule has 216 valence electrons. The lowest BCUT2D eigenvalue weighted by Crippen LogP contribution is -2.21. The highest BCUT2D eigenvalue weighted by Gasteiger charge is 2.38. The number of hydrogen-bond acceptors (Lipinski definition) is 8. The molecule has 0 amide bonds. The number of halogens is 4. The van der Waals surface area contributed by atoms with Crippen molar-refractivity contribution in [3.05, 3.63) is 91.3 Å². The zero-order valence-corrected chi connectivity index (χ0v) is 22.2. The first-order valence-electron chi connectivity index (χ1n) is 11.7. The molecule has 0 spiro atoms. The quantitative estimate of drug-likeness (QED) is 0.222. The molecule has 5 aromatic rings. The second-order valence-corrected chi connectivity index (χ2v) is 9.29. The van der Waals surface area contributed by atoms with E-state index in [2.05, 4.69) is 24.7 Å². The minimum atomic E-state index is -5.08. The van der Waals surface area contributed by atoms with Crippen molar-refractivity contribution < 1.29 is 41.1 Å². The predicted octanol–water partition coefficient (Wildman–Crippen LogP) is 5.79. The van der Waals surface area contributed by atoms with Gasteiger partial charge in [0.1, 0.15) is 23.7 Å². The fraction of sp³-hybridized carbons (Fsp3) is 0.0741. The molecule has 42 heavy (non-hydrogen) atoms. The third-order valence-corrected chi connectivity index (χ3v) is 6.37. The number of anilines is 1. The van der Waals surface area contributed by atoms with E-state index in [-0.39, 0.29) is 5.82 Å². The van der Waals surface area contributed by atoms with Gasteiger partial charge in [-0.15, -0.1) is 0 Å². The molecule has 1 atom stereocenters. The van der Waals surface area contributed by atoms with Gasteiger partial charge in [0.2, 0.25) is 11.8 Å². The predicted molar refractivity (Wildman–Crippen MR) is 144 cm³/mol. The van der Waals surface area contributed by atoms with Crippen molar-refractivity contribution in [2.24, 2.45) is 0 Å². The minimum Gasteiger partial charge on any atom is -0.480 e. The molecule has 10 nitrogen and oxygen atoms in total. The summed E-state index contributed by atoms with van der Waals surface area (Å²) in [4.78, 5) is 26.4. The number of nitrogens with zero attached hydrogens (tertiary/aromatic N) is 4. The van der Waals surface area contributed by atoms with E-state index in [1.54, 1.807) is 36.7 Å². The number of methoxy groups -OCH3 is 1. The molecule has 0 saturated heterocycles. The Balaban J connectivity index is 0.000000517. The number of benzene rings is 2. The average Bonchev–Trinajstić information content (AvgIpc) is 2.98. The monoisotopic (exact) mass is 601 g/mol. The Hall–Kier alpha value is -5.18. The van der Waals surface area contributed by atoms with Gasteiger partial charge >= 0.3 is 12.1 Å². The molecule has 0 fully saturated rings. The molecule has 0 bridgehead atoms. The van der Waals surface area contributed by atoms with Gasteiger partial charge in [0.25, 0.3) is 0 Å². The fourth-order valence-corrected chi connectivity index (χ4v) is 4.28. The summed E-state index contributed by atoms with van der Waals surface area (Å²) in [7, 11) is 0.00320. The molecule has 0 aliphatic rings. The van der Waals surface area contributed by atoms with Crippen LogP contribution in [0.1, 0.15) is 0 Å². The topological polar surface area (TPSA) is 136 Å². The Kier molecular flexibility index (Phi) is 9.22. The molecule has 5 rings (SSSR count). The maximum Gasteiger partial charge on any atom is 0.490 e. The third-order valence-electron chi connectivity index (χ3n) is 5.29. The number of aromatic nitrogens is 4. The summed E-state index contributed by atoms with van der Waals surface area (Å²) >= 11 is 0. The number of nitrogens with one attached hydrogen (secondary N) is 1. The molecular formula is C27H19F4N5O5S. The second kappa shape index (κ2) is 13.0. The van der Waals surface area contributed by atoms with Crippen molar-refractivity contribution >= 4 is 33.5 Å². The number of alkyl halides is 3. The lowest BCUT2D eigenvalue weighted by molar-refractivity contribution is -0.192. The summed E-state index contributed by atoms with van der Waals surface area (Å²) in [6, 6.07) is 18.1. The van der Waals surface area contributed by atoms with E-state index in [9.17, 15) is 21.8 Å². The number of aliphatic carboxylic acids is 1. The smallest absolute Gasteiger partial charge is 0.480 e. The van der Waals surface area contributed by atoms with Gasteiger partial charge in [-0.05, 0) is 60.0 Å². The zero-order valence-electron chi connectivity index (χ0n) is 21.4. The number of carboxylic acids is 1. The van der Waals surface area contributed by atoms with Gasteiger partial charge in [-0.2, -0.15) is 18.2 Å². The molecule has 3 aromatic heterocycles. The molecule has 2 N–H and O–H groups in total. The van der Waals surface area contributed by atoms with Crippen LogP contribution in [0.4, 0.5) is 23.4 Å². The van der Waals surface area contributed by atoms with Crippen LogP contribution in [0.15, 0.2) is 90.3 Å². The fourth-order valence-electron chi connectivity index (χ4n) is 3.43. The highest BCUT2D eigenvalue weighted by Crippen LogP contribution is 2.35. The van der Waals surface area contributed by atoms with Crippen LogP contribution in [0.2, 0.25) is 0 Å². The van der Waals surface area contributed by atoms with E-state index < -0.39 is 23.1 Å². The van der Waals surface area contributed by atoms with Gasteiger partial charge < -0.3 is 14.6 Å². The average molecular weight is 602 g/mol. The van der Waals surface area contributed by atoms with E-state index in [4.69, 9.17) is 19.4 Å². The lowest BCUT2D eigenvalue weighted by atomic mass is 10.1. The molecule has 2 aromatic carbocycles. The van der Waals surface area contributed by atoms with Crippen molar-refractivity contribution in [3.63, 3.8) is 0 Å². The molecule has 0 aliphatic heterocycles. The van der Waals surface area contributed by atoms with Gasteiger partial charge in [-0.25, -0.2) is 23.4 Å². The van der Waals surface area contributed by atoms with Crippen molar-refractivity contribution in [2.75, 3.05) is 11.8 Å². The van der Waals surface area contributed by atoms with Crippen LogP contribution < -0.4 is 14.2 Å². The van der Waals surface area contributed by atoms with Crippen molar-refractivity contribution in [2.45, 2.75) is 11.1 Å². The Labute approximate surface area is 237 Å². The van der Waals surface area contributed by atoms with Crippen LogP contribution >= 0.6 is 0 Å². The van der Waals surface area contributed by atoms with Gasteiger partial charge in [-0.3, -0.25) is 9.71 Å². The molecular weight excluding hydrogens is 582 g/mol. The summed E-state index contributed by atoms with van der Waals surface area (Å²) in [6.45, 7) is 0. The number of carbonyl (C=O) groups is 1. The van der Waals surface area contributed by atoms with Gasteiger partial charge in [0.15, 0.2) is 11.0 Å². The molecule has 0 saturated carbocycles. The summed E-state index contributed by atoms with van der Waals surface area (Å²) in [5.74, 6) is -1.57. The number of ether oxygens (including phenoxy) is 2. The van der Waals surface area contributed by atoms with Gasteiger partial charge in [0, 0.05) is 23.8 Å². The number of carboxylic acid groups (broad SMARTS) is 1. The first kappa shape index (κ1) is 29.8. The molecule has 1 unspecified atom stereocenters. The van der Waals surface area contributed by atoms with Crippen LogP contribution in [-0.4, -0.2) is 48.5 Å². The minimum absolute atomic E-state index is 0.297. The maximum atomic E-state index is 13.2. The maximum absolute atomic E-state index is 13.2. The molecule has 0 radical (unpaired) electrons. The first-order valence-corrected chi connectivity index (χ1v) is 12.8. The Morgan fingerprint density at radius 1 is 0.976 bits per heavy atom. The summed E-state index contributed by atoms with van der Waals surface area (Å²) in [6.07, 6.45) is -0.456. The van der Waals surface area contributed by atoms with Crippen LogP contribution in [0, 0.1) is 5.82 Å². The van der Waals surface area contributed by atoms with Gasteiger partial charge in [0.05, 0.1) is 23.3 Å². The molecule has 0 aliphatic carbocycles. The van der Waals surface area contributed by atoms with Crippen LogP contribution in [0.5, 0.6) is 17.5 Å². The Bertz CT molecular complexity index is 1720. The lowest BCUT2D eigenvalue weighted by Gasteiger charge is -2.12. The van der Waals surface area contributed by atoms with Crippen molar-refractivity contribution in [1.29, 1.82) is 0 Å². The molecule has 3 heterocycles. The summed E-state index contributed by atoms with van der Waals surface area (Å²) < 4.78 is 71.8. The Morgan fingerprint density at radius 3 is 2.36 bits per heavy atom. The van der Waals surface area contributed by atoms with Crippen molar-refractivity contribution in [3.8, 4) is 28.8 Å². The van der Waals surface area contributed by atoms with Crippen LogP contribution in [0.3, 0.4) is 0 Å². The number of fused-ring (bicyclic) bond motifs is 1. The normalized spacial score (nSPS) is 11.6. The SMILES string of the molecule is COc1nc(Oc2ccc(F)cc2)ccc1-c1nccc2cc(S(=O)Nc3ccncn3)ccc12.O=C(O)C(F)(F)F. The van der Waals surface area contributed by atoms with Crippen LogP contribution in [-0.2, 0) is 15.8 Å². The zero-order chi connectivity index (χ0) is 30.3. The summed E-state index contributed by atoms with van der Waals surface area (Å²) in [5.41, 5.74) is 1.32. The van der Waals surface area contributed by atoms with Crippen LogP contribution in [0.25, 0.3) is 22.0 Å². The van der Waals surface area contributed by atoms with E-state index in [1.807, 2.05) is 18.2 Å². The van der Waals surface area contributed by atoms with E-state index in [0.29, 0.717) is 39.5 Å². The summed E-state index contributed by atoms with van der Waals surface area (Å²) in [5, 5.41) is 8.81. The highest BCUT2D eigenvalue weighted by atomic mass is 32.2. The van der Waals surface area contributed by atoms with Crippen molar-refractivity contribution in [1.82, 2.24) is 19.9 Å². The van der Waals surface area contributed by atoms with Gasteiger partial charge in [-0.1, -0.05) is 6.07 Å². The van der Waals surface area contributed by atoms with E-state index >= 15 is 0 Å². The number of hydrogen-bond donors (Lipinski definition) is 2. The molecule has 15 heteroatoms. The number of pyridine rings is 2. The standard InChI is InChI=1S/C25H18FN5O3S.C2HF3O2/c1-33-25-21(8-9-23(30-25)34-18-4-2-17(26)3-5-18)24-20-7-6-19(14-16(20)10-13-28-24)35(32)31-22-11-12-27-15-29-22;3-2(4,5)1(6)7/h2-15H,1H3,(H,27,29,31);(H,6,7). The van der Waals surface area contributed by atoms with E-state index in [1.165, 1.54) is 37.7 Å². The Morgan fingerprint density at radius 2 is 1.71 bits per heavy atom.